The molecule has 3 aromatic carbocycles. The number of unbranched alkanes of at least 4 members (excludes halogenated alkanes) is 11. The van der Waals surface area contributed by atoms with Crippen LogP contribution >= 0.6 is 11.6 Å². The number of carbonyl (C=O) groups is 2. The van der Waals surface area contributed by atoms with Crippen LogP contribution < -0.4 is 14.2 Å². The van der Waals surface area contributed by atoms with Gasteiger partial charge >= 0.3 is 11.9 Å². The van der Waals surface area contributed by atoms with Crippen LogP contribution in [0, 0.1) is 0 Å². The predicted octanol–water partition coefficient (Wildman–Crippen LogP) is 11.0. The number of hydrogen-bond donors (Lipinski definition) is 0. The number of allylic oxidation sites excluding steroid dienone is 1. The minimum atomic E-state index is -0.574. The van der Waals surface area contributed by atoms with Crippen LogP contribution in [0.25, 0.3) is 0 Å². The Morgan fingerprint density at radius 2 is 1.27 bits per heavy atom. The number of esters is 2. The molecule has 0 aromatic heterocycles. The van der Waals surface area contributed by atoms with E-state index in [1.807, 2.05) is 18.2 Å². The zero-order valence-corrected chi connectivity index (χ0v) is 26.9. The highest BCUT2D eigenvalue weighted by Crippen LogP contribution is 2.26. The Hall–Kier alpha value is -3.57. The molecule has 0 aliphatic rings. The van der Waals surface area contributed by atoms with Gasteiger partial charge < -0.3 is 14.2 Å². The lowest BCUT2D eigenvalue weighted by molar-refractivity contribution is 0.0730. The van der Waals surface area contributed by atoms with E-state index in [4.69, 9.17) is 25.8 Å². The van der Waals surface area contributed by atoms with Crippen LogP contribution in [0.1, 0.15) is 117 Å². The van der Waals surface area contributed by atoms with Gasteiger partial charge in [0, 0.05) is 6.07 Å². The molecule has 0 saturated heterocycles. The zero-order valence-electron chi connectivity index (χ0n) is 26.2. The van der Waals surface area contributed by atoms with Gasteiger partial charge in [0.25, 0.3) is 0 Å². The van der Waals surface area contributed by atoms with E-state index >= 15 is 0 Å². The van der Waals surface area contributed by atoms with Gasteiger partial charge in [0.1, 0.15) is 17.2 Å². The summed E-state index contributed by atoms with van der Waals surface area (Å²) in [5.74, 6) is 0.306. The van der Waals surface area contributed by atoms with Gasteiger partial charge in [0.15, 0.2) is 0 Å². The van der Waals surface area contributed by atoms with Crippen molar-refractivity contribution in [3.63, 3.8) is 0 Å². The average Bonchev–Trinajstić information content (AvgIpc) is 3.03. The van der Waals surface area contributed by atoms with E-state index in [-0.39, 0.29) is 16.3 Å². The second-order valence-electron chi connectivity index (χ2n) is 11.2. The van der Waals surface area contributed by atoms with Crippen molar-refractivity contribution in [2.24, 2.45) is 0 Å². The highest BCUT2D eigenvalue weighted by Gasteiger charge is 2.16. The number of benzene rings is 3. The Labute approximate surface area is 268 Å². The second-order valence-corrected chi connectivity index (χ2v) is 11.6. The van der Waals surface area contributed by atoms with Crippen LogP contribution in [0.2, 0.25) is 5.02 Å². The van der Waals surface area contributed by atoms with E-state index in [2.05, 4.69) is 13.5 Å². The number of rotatable bonds is 21. The lowest BCUT2D eigenvalue weighted by atomic mass is 10.1. The summed E-state index contributed by atoms with van der Waals surface area (Å²) in [6.45, 7) is 6.62. The molecule has 44 heavy (non-hydrogen) atoms. The topological polar surface area (TPSA) is 61.8 Å². The van der Waals surface area contributed by atoms with E-state index < -0.39 is 11.9 Å². The predicted molar refractivity (Wildman–Crippen MR) is 179 cm³/mol. The molecule has 0 aliphatic heterocycles. The molecule has 236 valence electrons. The normalized spacial score (nSPS) is 10.8. The zero-order chi connectivity index (χ0) is 31.4. The van der Waals surface area contributed by atoms with Gasteiger partial charge in [-0.05, 0) is 86.2 Å². The van der Waals surface area contributed by atoms with Crippen LogP contribution in [0.5, 0.6) is 17.2 Å². The molecule has 0 unspecified atom stereocenters. The van der Waals surface area contributed by atoms with Crippen LogP contribution in [0.4, 0.5) is 0 Å². The smallest absolute Gasteiger partial charge is 0.345 e. The van der Waals surface area contributed by atoms with Gasteiger partial charge in [-0.3, -0.25) is 0 Å². The largest absolute Gasteiger partial charge is 0.494 e. The van der Waals surface area contributed by atoms with Gasteiger partial charge in [-0.1, -0.05) is 94.5 Å². The third kappa shape index (κ3) is 13.0. The summed E-state index contributed by atoms with van der Waals surface area (Å²) in [5, 5.41) is 0.139. The molecular weight excluding hydrogens is 572 g/mol. The van der Waals surface area contributed by atoms with Crippen molar-refractivity contribution in [2.45, 2.75) is 96.8 Å². The van der Waals surface area contributed by atoms with Gasteiger partial charge in [-0.15, -0.1) is 6.58 Å². The highest BCUT2D eigenvalue weighted by molar-refractivity contribution is 6.33. The summed E-state index contributed by atoms with van der Waals surface area (Å²) < 4.78 is 16.8. The Morgan fingerprint density at radius 3 is 1.95 bits per heavy atom. The van der Waals surface area contributed by atoms with Gasteiger partial charge in [-0.2, -0.15) is 0 Å². The lowest BCUT2D eigenvalue weighted by Crippen LogP contribution is -2.11. The first-order valence-electron chi connectivity index (χ1n) is 16.2. The van der Waals surface area contributed by atoms with Gasteiger partial charge in [0.2, 0.25) is 0 Å². The fourth-order valence-electron chi connectivity index (χ4n) is 4.86. The minimum absolute atomic E-state index is 0.139. The maximum atomic E-state index is 12.7. The molecule has 0 N–H and O–H groups in total. The molecular formula is C38H47ClO5. The van der Waals surface area contributed by atoms with Crippen LogP contribution in [-0.4, -0.2) is 18.5 Å². The third-order valence-corrected chi connectivity index (χ3v) is 7.80. The van der Waals surface area contributed by atoms with E-state index in [9.17, 15) is 9.59 Å². The molecule has 0 atom stereocenters. The first kappa shape index (κ1) is 34.9. The number of carbonyl (C=O) groups excluding carboxylic acids is 2. The van der Waals surface area contributed by atoms with Crippen molar-refractivity contribution in [1.82, 2.24) is 0 Å². The fourth-order valence-corrected chi connectivity index (χ4v) is 5.11. The number of aryl methyl sites for hydroxylation is 1. The SMILES string of the molecule is C=CCCCCCCCCCOc1ccc(C(=O)Oc2ccc(C(=O)Oc3ccc(CCCCCCC)cc3)c(Cl)c2)cc1. The Balaban J connectivity index is 1.39. The first-order chi connectivity index (χ1) is 21.5. The summed E-state index contributed by atoms with van der Waals surface area (Å²) >= 11 is 6.36. The molecule has 0 fully saturated rings. The number of halogens is 1. The van der Waals surface area contributed by atoms with Gasteiger partial charge in [-0.25, -0.2) is 9.59 Å². The molecule has 0 aliphatic carbocycles. The minimum Gasteiger partial charge on any atom is -0.494 e. The summed E-state index contributed by atoms with van der Waals surface area (Å²) in [5.41, 5.74) is 1.80. The Bertz CT molecular complexity index is 1280. The maximum absolute atomic E-state index is 12.7. The van der Waals surface area contributed by atoms with Crippen molar-refractivity contribution in [1.29, 1.82) is 0 Å². The first-order valence-corrected chi connectivity index (χ1v) is 16.5. The lowest BCUT2D eigenvalue weighted by Gasteiger charge is -2.10. The Kier molecular flexibility index (Phi) is 16.2. The monoisotopic (exact) mass is 618 g/mol. The van der Waals surface area contributed by atoms with E-state index in [0.717, 1.165) is 32.1 Å². The summed E-state index contributed by atoms with van der Waals surface area (Å²) in [7, 11) is 0. The van der Waals surface area contributed by atoms with E-state index in [1.165, 1.54) is 81.5 Å². The van der Waals surface area contributed by atoms with Crippen molar-refractivity contribution in [2.75, 3.05) is 6.61 Å². The van der Waals surface area contributed by atoms with Crippen LogP contribution in [0.15, 0.2) is 79.4 Å². The second kappa shape index (κ2) is 20.4. The van der Waals surface area contributed by atoms with E-state index in [0.29, 0.717) is 23.7 Å². The maximum Gasteiger partial charge on any atom is 0.345 e. The molecule has 3 rings (SSSR count). The fraction of sp³-hybridized carbons (Fsp3) is 0.421. The molecule has 0 spiro atoms. The molecule has 0 bridgehead atoms. The molecule has 5 nitrogen and oxygen atoms in total. The van der Waals surface area contributed by atoms with Crippen LogP contribution in [-0.2, 0) is 6.42 Å². The quantitative estimate of drug-likeness (QED) is 0.0514. The molecule has 0 radical (unpaired) electrons. The summed E-state index contributed by atoms with van der Waals surface area (Å²) in [6.07, 6.45) is 18.7. The van der Waals surface area contributed by atoms with Crippen LogP contribution in [0.3, 0.4) is 0 Å². The third-order valence-electron chi connectivity index (χ3n) is 7.49. The Morgan fingerprint density at radius 1 is 0.682 bits per heavy atom. The molecule has 0 saturated carbocycles. The van der Waals surface area contributed by atoms with Crippen molar-refractivity contribution >= 4 is 23.5 Å². The molecule has 3 aromatic rings. The highest BCUT2D eigenvalue weighted by atomic mass is 35.5. The molecule has 0 heterocycles. The molecule has 0 amide bonds. The summed E-state index contributed by atoms with van der Waals surface area (Å²) in [6, 6.07) is 18.9. The number of ether oxygens (including phenoxy) is 3. The van der Waals surface area contributed by atoms with E-state index in [1.54, 1.807) is 36.4 Å². The standard InChI is InChI=1S/C38H47ClO5/c1-3-5-7-9-10-11-12-14-16-28-42-32-24-20-31(21-25-32)37(40)44-34-26-27-35(36(39)29-34)38(41)43-33-22-18-30(19-23-33)17-15-13-8-6-4-2/h3,18-27,29H,1,4-17,28H2,2H3. The van der Waals surface area contributed by atoms with Crippen molar-refractivity contribution < 1.29 is 23.8 Å². The molecule has 6 heteroatoms. The van der Waals surface area contributed by atoms with Crippen molar-refractivity contribution in [3.8, 4) is 17.2 Å². The van der Waals surface area contributed by atoms with Crippen molar-refractivity contribution in [3.05, 3.63) is 101 Å². The average molecular weight is 619 g/mol. The number of hydrogen-bond acceptors (Lipinski definition) is 5. The van der Waals surface area contributed by atoms with Gasteiger partial charge in [0.05, 0.1) is 22.8 Å². The summed E-state index contributed by atoms with van der Waals surface area (Å²) in [4.78, 5) is 25.4.